The van der Waals surface area contributed by atoms with Gasteiger partial charge in [-0.3, -0.25) is 0 Å². The zero-order chi connectivity index (χ0) is 13.5. The number of hydrogen-bond donors (Lipinski definition) is 0. The number of methoxy groups -OCH3 is 1. The summed E-state index contributed by atoms with van der Waals surface area (Å²) in [6.07, 6.45) is 8.23. The van der Waals surface area contributed by atoms with E-state index in [2.05, 4.69) is 12.5 Å². The average molecular weight is 249 g/mol. The molecule has 4 heteroatoms. The fourth-order valence-electron chi connectivity index (χ4n) is 2.08. The number of terminal acetylenes is 1. The van der Waals surface area contributed by atoms with Crippen molar-refractivity contribution in [1.82, 2.24) is 4.90 Å². The summed E-state index contributed by atoms with van der Waals surface area (Å²) in [5.41, 5.74) is 1.56. The van der Waals surface area contributed by atoms with Crippen LogP contribution in [0, 0.1) is 12.3 Å². The topological polar surface area (TPSA) is 38.8 Å². The average Bonchev–Trinajstić information content (AvgIpc) is 2.38. The standard InChI is InChI=1S/C14H19NO3/c1-5-9-15-11(3)12(14(16)17-4)7-8-13(15)18-10-6-2/h2,5,13H,1,7-10H2,3-4H3. The molecule has 0 aliphatic carbocycles. The van der Waals surface area contributed by atoms with Crippen molar-refractivity contribution >= 4 is 5.97 Å². The zero-order valence-electron chi connectivity index (χ0n) is 10.9. The predicted octanol–water partition coefficient (Wildman–Crippen LogP) is 1.69. The fourth-order valence-corrected chi connectivity index (χ4v) is 2.08. The van der Waals surface area contributed by atoms with Crippen LogP contribution in [0.1, 0.15) is 19.8 Å². The van der Waals surface area contributed by atoms with E-state index in [0.717, 1.165) is 12.1 Å². The molecule has 0 aromatic heterocycles. The van der Waals surface area contributed by atoms with E-state index in [1.165, 1.54) is 7.11 Å². The van der Waals surface area contributed by atoms with Crippen LogP contribution in [-0.4, -0.2) is 37.4 Å². The van der Waals surface area contributed by atoms with Crippen molar-refractivity contribution in [2.24, 2.45) is 0 Å². The quantitative estimate of drug-likeness (QED) is 0.422. The Kier molecular flexibility index (Phi) is 5.47. The lowest BCUT2D eigenvalue weighted by molar-refractivity contribution is -0.137. The van der Waals surface area contributed by atoms with Gasteiger partial charge in [0.25, 0.3) is 0 Å². The first kappa shape index (κ1) is 14.3. The number of esters is 1. The molecule has 1 aliphatic rings. The van der Waals surface area contributed by atoms with E-state index < -0.39 is 0 Å². The molecule has 1 atom stereocenters. The molecule has 0 amide bonds. The number of carbonyl (C=O) groups excluding carboxylic acids is 1. The Labute approximate surface area is 108 Å². The van der Waals surface area contributed by atoms with E-state index >= 15 is 0 Å². The summed E-state index contributed by atoms with van der Waals surface area (Å²) in [6, 6.07) is 0. The molecule has 0 radical (unpaired) electrons. The maximum absolute atomic E-state index is 11.6. The highest BCUT2D eigenvalue weighted by Gasteiger charge is 2.29. The molecule has 0 aromatic carbocycles. The van der Waals surface area contributed by atoms with Crippen LogP contribution in [-0.2, 0) is 14.3 Å². The van der Waals surface area contributed by atoms with Crippen LogP contribution in [0.25, 0.3) is 0 Å². The lowest BCUT2D eigenvalue weighted by atomic mass is 10.0. The minimum atomic E-state index is -0.281. The van der Waals surface area contributed by atoms with E-state index in [1.54, 1.807) is 6.08 Å². The molecule has 1 unspecified atom stereocenters. The van der Waals surface area contributed by atoms with E-state index in [-0.39, 0.29) is 18.8 Å². The van der Waals surface area contributed by atoms with Gasteiger partial charge in [0.05, 0.1) is 12.7 Å². The van der Waals surface area contributed by atoms with Gasteiger partial charge in [0.2, 0.25) is 0 Å². The number of carbonyl (C=O) groups is 1. The van der Waals surface area contributed by atoms with Gasteiger partial charge in [0.1, 0.15) is 12.8 Å². The van der Waals surface area contributed by atoms with Crippen LogP contribution in [0.4, 0.5) is 0 Å². The van der Waals surface area contributed by atoms with Gasteiger partial charge in [-0.1, -0.05) is 12.0 Å². The third-order valence-electron chi connectivity index (χ3n) is 2.97. The monoisotopic (exact) mass is 249 g/mol. The van der Waals surface area contributed by atoms with Crippen molar-refractivity contribution in [2.45, 2.75) is 26.0 Å². The Morgan fingerprint density at radius 1 is 1.72 bits per heavy atom. The van der Waals surface area contributed by atoms with Gasteiger partial charge in [0, 0.05) is 12.2 Å². The van der Waals surface area contributed by atoms with Gasteiger partial charge in [0.15, 0.2) is 0 Å². The first-order chi connectivity index (χ1) is 8.65. The number of hydrogen-bond acceptors (Lipinski definition) is 4. The van der Waals surface area contributed by atoms with Crippen LogP contribution in [0.15, 0.2) is 23.9 Å². The van der Waals surface area contributed by atoms with Crippen molar-refractivity contribution in [3.63, 3.8) is 0 Å². The van der Waals surface area contributed by atoms with Gasteiger partial charge in [-0.15, -0.1) is 13.0 Å². The fraction of sp³-hybridized carbons (Fsp3) is 0.500. The summed E-state index contributed by atoms with van der Waals surface area (Å²) >= 11 is 0. The maximum atomic E-state index is 11.6. The molecule has 0 aromatic rings. The summed E-state index contributed by atoms with van der Waals surface area (Å²) in [5.74, 6) is 2.17. The highest BCUT2D eigenvalue weighted by molar-refractivity contribution is 5.89. The number of ether oxygens (including phenoxy) is 2. The van der Waals surface area contributed by atoms with Crippen molar-refractivity contribution in [1.29, 1.82) is 0 Å². The summed E-state index contributed by atoms with van der Waals surface area (Å²) in [5, 5.41) is 0. The Bertz CT molecular complexity index is 392. The minimum Gasteiger partial charge on any atom is -0.466 e. The minimum absolute atomic E-state index is 0.104. The number of nitrogens with zero attached hydrogens (tertiary/aromatic N) is 1. The molecule has 98 valence electrons. The van der Waals surface area contributed by atoms with Crippen molar-refractivity contribution in [3.8, 4) is 12.3 Å². The number of allylic oxidation sites excluding steroid dienone is 1. The van der Waals surface area contributed by atoms with Crippen LogP contribution >= 0.6 is 0 Å². The SMILES string of the molecule is C#CCOC1CCC(C(=O)OC)=C(C)N1CC=C. The summed E-state index contributed by atoms with van der Waals surface area (Å²) in [7, 11) is 1.39. The largest absolute Gasteiger partial charge is 0.466 e. The van der Waals surface area contributed by atoms with Gasteiger partial charge >= 0.3 is 5.97 Å². The highest BCUT2D eigenvalue weighted by atomic mass is 16.5. The first-order valence-electron chi connectivity index (χ1n) is 5.86. The molecule has 18 heavy (non-hydrogen) atoms. The van der Waals surface area contributed by atoms with Gasteiger partial charge in [-0.25, -0.2) is 4.79 Å². The van der Waals surface area contributed by atoms with Gasteiger partial charge in [-0.05, 0) is 19.8 Å². The van der Waals surface area contributed by atoms with Gasteiger partial charge in [-0.2, -0.15) is 0 Å². The van der Waals surface area contributed by atoms with E-state index in [1.807, 2.05) is 11.8 Å². The Balaban J connectivity index is 2.92. The molecule has 0 bridgehead atoms. The molecular formula is C14H19NO3. The third-order valence-corrected chi connectivity index (χ3v) is 2.97. The molecule has 1 aliphatic heterocycles. The molecule has 4 nitrogen and oxygen atoms in total. The van der Waals surface area contributed by atoms with Crippen LogP contribution in [0.3, 0.4) is 0 Å². The Morgan fingerprint density at radius 3 is 3.00 bits per heavy atom. The van der Waals surface area contributed by atoms with Crippen molar-refractivity contribution in [3.05, 3.63) is 23.9 Å². The van der Waals surface area contributed by atoms with E-state index in [9.17, 15) is 4.79 Å². The molecule has 0 saturated carbocycles. The second-order valence-electron chi connectivity index (χ2n) is 4.01. The normalized spacial score (nSPS) is 19.4. The third kappa shape index (κ3) is 3.14. The molecule has 1 heterocycles. The highest BCUT2D eigenvalue weighted by Crippen LogP contribution is 2.28. The van der Waals surface area contributed by atoms with Crippen molar-refractivity contribution in [2.75, 3.05) is 20.3 Å². The zero-order valence-corrected chi connectivity index (χ0v) is 10.9. The van der Waals surface area contributed by atoms with E-state index in [0.29, 0.717) is 18.5 Å². The number of rotatable bonds is 5. The lowest BCUT2D eigenvalue weighted by Gasteiger charge is -2.37. The maximum Gasteiger partial charge on any atom is 0.335 e. The Morgan fingerprint density at radius 2 is 2.44 bits per heavy atom. The Hall–Kier alpha value is -1.73. The predicted molar refractivity (Wildman–Crippen MR) is 69.4 cm³/mol. The molecule has 0 saturated heterocycles. The summed E-state index contributed by atoms with van der Waals surface area (Å²) < 4.78 is 10.4. The molecule has 0 fully saturated rings. The van der Waals surface area contributed by atoms with Crippen LogP contribution < -0.4 is 0 Å². The second-order valence-corrected chi connectivity index (χ2v) is 4.01. The van der Waals surface area contributed by atoms with Crippen LogP contribution in [0.5, 0.6) is 0 Å². The van der Waals surface area contributed by atoms with Crippen molar-refractivity contribution < 1.29 is 14.3 Å². The second kappa shape index (κ2) is 6.87. The molecule has 0 N–H and O–H groups in total. The summed E-state index contributed by atoms with van der Waals surface area (Å²) in [4.78, 5) is 13.6. The summed E-state index contributed by atoms with van der Waals surface area (Å²) in [6.45, 7) is 6.48. The van der Waals surface area contributed by atoms with E-state index in [4.69, 9.17) is 15.9 Å². The van der Waals surface area contributed by atoms with Gasteiger partial charge < -0.3 is 14.4 Å². The van der Waals surface area contributed by atoms with Crippen LogP contribution in [0.2, 0.25) is 0 Å². The molecule has 0 spiro atoms. The molecular weight excluding hydrogens is 230 g/mol. The molecule has 1 rings (SSSR count). The smallest absolute Gasteiger partial charge is 0.335 e. The first-order valence-corrected chi connectivity index (χ1v) is 5.86. The lowest BCUT2D eigenvalue weighted by Crippen LogP contribution is -2.40.